The summed E-state index contributed by atoms with van der Waals surface area (Å²) in [6, 6.07) is 7.58. The van der Waals surface area contributed by atoms with Crippen LogP contribution in [0.1, 0.15) is 25.7 Å². The topological polar surface area (TPSA) is 68.0 Å². The maximum Gasteiger partial charge on any atom is 0.229 e. The summed E-state index contributed by atoms with van der Waals surface area (Å²) >= 11 is 1.46. The fraction of sp³-hybridized carbons (Fsp3) is 0.333. The monoisotopic (exact) mass is 287 g/mol. The summed E-state index contributed by atoms with van der Waals surface area (Å²) in [7, 11) is 0. The molecule has 1 amide bonds. The number of carbonyl (C=O) groups is 1. The minimum Gasteiger partial charge on any atom is -0.399 e. The Morgan fingerprint density at radius 2 is 1.95 bits per heavy atom. The van der Waals surface area contributed by atoms with Gasteiger partial charge in [-0.2, -0.15) is 0 Å². The first-order valence-electron chi connectivity index (χ1n) is 6.85. The van der Waals surface area contributed by atoms with E-state index in [4.69, 9.17) is 5.73 Å². The average Bonchev–Trinajstić information content (AvgIpc) is 3.10. The zero-order chi connectivity index (χ0) is 13.9. The highest BCUT2D eigenvalue weighted by Crippen LogP contribution is 2.28. The number of nitrogens with zero attached hydrogens (tertiary/aromatic N) is 1. The van der Waals surface area contributed by atoms with Crippen molar-refractivity contribution in [1.82, 2.24) is 4.98 Å². The summed E-state index contributed by atoms with van der Waals surface area (Å²) in [5.74, 6) is 0.277. The molecule has 0 aliphatic heterocycles. The first kappa shape index (κ1) is 13.1. The molecule has 1 aromatic carbocycles. The predicted molar refractivity (Wildman–Crippen MR) is 82.6 cm³/mol. The number of anilines is 2. The van der Waals surface area contributed by atoms with E-state index < -0.39 is 0 Å². The Kier molecular flexibility index (Phi) is 3.69. The van der Waals surface area contributed by atoms with Gasteiger partial charge in [0.15, 0.2) is 5.13 Å². The first-order chi connectivity index (χ1) is 9.72. The van der Waals surface area contributed by atoms with Crippen LogP contribution < -0.4 is 11.1 Å². The number of carbonyl (C=O) groups excluding carboxylic acids is 1. The SMILES string of the molecule is Nc1ccc(-c2csc(NC(=O)C3CCCC3)n2)cc1. The Labute approximate surface area is 122 Å². The van der Waals surface area contributed by atoms with Crippen LogP contribution in [0, 0.1) is 5.92 Å². The van der Waals surface area contributed by atoms with E-state index in [0.29, 0.717) is 5.13 Å². The second kappa shape index (κ2) is 5.63. The quantitative estimate of drug-likeness (QED) is 0.849. The van der Waals surface area contributed by atoms with Crippen molar-refractivity contribution in [1.29, 1.82) is 0 Å². The smallest absolute Gasteiger partial charge is 0.229 e. The Hall–Kier alpha value is -1.88. The normalized spacial score (nSPS) is 15.4. The summed E-state index contributed by atoms with van der Waals surface area (Å²) < 4.78 is 0. The fourth-order valence-corrected chi connectivity index (χ4v) is 3.24. The first-order valence-corrected chi connectivity index (χ1v) is 7.72. The molecule has 0 saturated heterocycles. The van der Waals surface area contributed by atoms with Crippen molar-refractivity contribution in [2.45, 2.75) is 25.7 Å². The van der Waals surface area contributed by atoms with E-state index in [2.05, 4.69) is 10.3 Å². The third-order valence-electron chi connectivity index (χ3n) is 3.67. The van der Waals surface area contributed by atoms with Gasteiger partial charge >= 0.3 is 0 Å². The van der Waals surface area contributed by atoms with Crippen LogP contribution in [0.5, 0.6) is 0 Å². The average molecular weight is 287 g/mol. The fourth-order valence-electron chi connectivity index (χ4n) is 2.51. The third kappa shape index (κ3) is 2.82. The summed E-state index contributed by atoms with van der Waals surface area (Å²) in [5, 5.41) is 5.56. The number of rotatable bonds is 3. The van der Waals surface area contributed by atoms with Crippen molar-refractivity contribution in [2.75, 3.05) is 11.1 Å². The molecule has 5 heteroatoms. The summed E-state index contributed by atoms with van der Waals surface area (Å²) in [6.07, 6.45) is 4.32. The Morgan fingerprint density at radius 3 is 2.65 bits per heavy atom. The highest BCUT2D eigenvalue weighted by Gasteiger charge is 2.23. The number of nitrogen functional groups attached to an aromatic ring is 1. The van der Waals surface area contributed by atoms with Crippen LogP contribution in [0.2, 0.25) is 0 Å². The Morgan fingerprint density at radius 1 is 1.25 bits per heavy atom. The Balaban J connectivity index is 1.70. The van der Waals surface area contributed by atoms with Gasteiger partial charge in [0.25, 0.3) is 0 Å². The molecule has 1 aliphatic rings. The molecule has 0 bridgehead atoms. The second-order valence-electron chi connectivity index (χ2n) is 5.13. The van der Waals surface area contributed by atoms with Gasteiger partial charge in [0.05, 0.1) is 5.69 Å². The van der Waals surface area contributed by atoms with Crippen molar-refractivity contribution in [3.63, 3.8) is 0 Å². The van der Waals surface area contributed by atoms with Gasteiger partial charge in [0.1, 0.15) is 0 Å². The number of hydrogen-bond donors (Lipinski definition) is 2. The zero-order valence-electron chi connectivity index (χ0n) is 11.1. The summed E-state index contributed by atoms with van der Waals surface area (Å²) in [4.78, 5) is 16.5. The van der Waals surface area contributed by atoms with Crippen molar-refractivity contribution < 1.29 is 4.79 Å². The van der Waals surface area contributed by atoms with Gasteiger partial charge in [-0.25, -0.2) is 4.98 Å². The number of aromatic nitrogens is 1. The minimum atomic E-state index is 0.112. The standard InChI is InChI=1S/C15H17N3OS/c16-12-7-5-10(6-8-12)13-9-20-15(17-13)18-14(19)11-3-1-2-4-11/h5-9,11H,1-4,16H2,(H,17,18,19). The van der Waals surface area contributed by atoms with E-state index in [1.54, 1.807) is 0 Å². The molecule has 3 rings (SSSR count). The predicted octanol–water partition coefficient (Wildman–Crippen LogP) is 3.52. The van der Waals surface area contributed by atoms with Gasteiger partial charge in [-0.15, -0.1) is 11.3 Å². The molecule has 1 aromatic heterocycles. The highest BCUT2D eigenvalue weighted by atomic mass is 32.1. The second-order valence-corrected chi connectivity index (χ2v) is 5.99. The van der Waals surface area contributed by atoms with Crippen LogP contribution in [0.4, 0.5) is 10.8 Å². The lowest BCUT2D eigenvalue weighted by Gasteiger charge is -2.07. The van der Waals surface area contributed by atoms with Gasteiger partial charge in [0, 0.05) is 22.5 Å². The molecule has 0 unspecified atom stereocenters. The van der Waals surface area contributed by atoms with E-state index in [9.17, 15) is 4.79 Å². The molecule has 0 atom stereocenters. The largest absolute Gasteiger partial charge is 0.399 e. The number of thiazole rings is 1. The molecule has 20 heavy (non-hydrogen) atoms. The van der Waals surface area contributed by atoms with Gasteiger partial charge < -0.3 is 11.1 Å². The molecular formula is C15H17N3OS. The van der Waals surface area contributed by atoms with Crippen LogP contribution in [-0.4, -0.2) is 10.9 Å². The van der Waals surface area contributed by atoms with Gasteiger partial charge in [-0.05, 0) is 25.0 Å². The van der Waals surface area contributed by atoms with E-state index in [-0.39, 0.29) is 11.8 Å². The number of nitrogens with two attached hydrogens (primary N) is 1. The van der Waals surface area contributed by atoms with E-state index >= 15 is 0 Å². The van der Waals surface area contributed by atoms with Crippen LogP contribution >= 0.6 is 11.3 Å². The van der Waals surface area contributed by atoms with Crippen molar-refractivity contribution in [3.05, 3.63) is 29.6 Å². The number of hydrogen-bond acceptors (Lipinski definition) is 4. The lowest BCUT2D eigenvalue weighted by Crippen LogP contribution is -2.20. The molecule has 1 saturated carbocycles. The van der Waals surface area contributed by atoms with Crippen LogP contribution in [0.15, 0.2) is 29.6 Å². The molecule has 1 aliphatic carbocycles. The van der Waals surface area contributed by atoms with Crippen molar-refractivity contribution in [3.8, 4) is 11.3 Å². The molecule has 4 nitrogen and oxygen atoms in total. The Bertz CT molecular complexity index is 600. The van der Waals surface area contributed by atoms with E-state index in [1.165, 1.54) is 11.3 Å². The van der Waals surface area contributed by atoms with E-state index in [0.717, 1.165) is 42.6 Å². The molecule has 0 radical (unpaired) electrons. The zero-order valence-corrected chi connectivity index (χ0v) is 12.0. The summed E-state index contributed by atoms with van der Waals surface area (Å²) in [5.41, 5.74) is 8.29. The molecule has 3 N–H and O–H groups in total. The van der Waals surface area contributed by atoms with Crippen molar-refractivity contribution in [2.24, 2.45) is 5.92 Å². The lowest BCUT2D eigenvalue weighted by atomic mass is 10.1. The summed E-state index contributed by atoms with van der Waals surface area (Å²) in [6.45, 7) is 0. The molecule has 1 heterocycles. The highest BCUT2D eigenvalue weighted by molar-refractivity contribution is 7.14. The number of benzene rings is 1. The van der Waals surface area contributed by atoms with Crippen LogP contribution in [-0.2, 0) is 4.79 Å². The molecule has 2 aromatic rings. The van der Waals surface area contributed by atoms with E-state index in [1.807, 2.05) is 29.6 Å². The van der Waals surface area contributed by atoms with Gasteiger partial charge in [-0.1, -0.05) is 25.0 Å². The number of nitrogens with one attached hydrogen (secondary N) is 1. The maximum atomic E-state index is 12.0. The van der Waals surface area contributed by atoms with Gasteiger partial charge in [-0.3, -0.25) is 4.79 Å². The maximum absolute atomic E-state index is 12.0. The third-order valence-corrected chi connectivity index (χ3v) is 4.42. The lowest BCUT2D eigenvalue weighted by molar-refractivity contribution is -0.119. The van der Waals surface area contributed by atoms with Crippen molar-refractivity contribution >= 4 is 28.1 Å². The van der Waals surface area contributed by atoms with Crippen LogP contribution in [0.3, 0.4) is 0 Å². The molecule has 1 fully saturated rings. The molecule has 0 spiro atoms. The van der Waals surface area contributed by atoms with Gasteiger partial charge in [0.2, 0.25) is 5.91 Å². The molecule has 104 valence electrons. The molecular weight excluding hydrogens is 270 g/mol. The minimum absolute atomic E-state index is 0.112. The number of amides is 1. The van der Waals surface area contributed by atoms with Crippen LogP contribution in [0.25, 0.3) is 11.3 Å².